The predicted molar refractivity (Wildman–Crippen MR) is 68.7 cm³/mol. The molecule has 0 heterocycles. The molecule has 0 aromatic heterocycles. The zero-order valence-electron chi connectivity index (χ0n) is 9.91. The van der Waals surface area contributed by atoms with Gasteiger partial charge in [-0.1, -0.05) is 25.0 Å². The lowest BCUT2D eigenvalue weighted by molar-refractivity contribution is 0.252. The van der Waals surface area contributed by atoms with Crippen LogP contribution < -0.4 is 16.4 Å². The fraction of sp³-hybridized carbons (Fsp3) is 0.462. The fourth-order valence-corrected chi connectivity index (χ4v) is 1.75. The number of carbonyl (C=O) groups excluding carboxylic acids is 1. The summed E-state index contributed by atoms with van der Waals surface area (Å²) in [5.41, 5.74) is 7.35. The number of hydrogen-bond donors (Lipinski definition) is 3. The third-order valence-electron chi connectivity index (χ3n) is 2.96. The first kappa shape index (κ1) is 11.9. The second kappa shape index (κ2) is 5.68. The second-order valence-electron chi connectivity index (χ2n) is 4.52. The minimum absolute atomic E-state index is 0.139. The normalized spacial score (nSPS) is 14.4. The van der Waals surface area contributed by atoms with Crippen molar-refractivity contribution in [1.29, 1.82) is 0 Å². The Kier molecular flexibility index (Phi) is 3.98. The molecule has 4 heteroatoms. The molecule has 0 radical (unpaired) electrons. The highest BCUT2D eigenvalue weighted by Gasteiger charge is 2.20. The molecule has 1 fully saturated rings. The van der Waals surface area contributed by atoms with E-state index < -0.39 is 0 Å². The Hall–Kier alpha value is -1.55. The van der Waals surface area contributed by atoms with E-state index in [2.05, 4.69) is 10.6 Å². The van der Waals surface area contributed by atoms with E-state index in [-0.39, 0.29) is 6.03 Å². The number of anilines is 1. The van der Waals surface area contributed by atoms with Gasteiger partial charge in [0.05, 0.1) is 0 Å². The summed E-state index contributed by atoms with van der Waals surface area (Å²) in [6.07, 6.45) is 3.74. The summed E-state index contributed by atoms with van der Waals surface area (Å²) in [6.45, 7) is 1.24. The Morgan fingerprint density at radius 2 is 2.24 bits per heavy atom. The Morgan fingerprint density at radius 3 is 2.94 bits per heavy atom. The van der Waals surface area contributed by atoms with Crippen molar-refractivity contribution in [3.63, 3.8) is 0 Å². The molecule has 1 saturated carbocycles. The molecule has 0 bridgehead atoms. The minimum Gasteiger partial charge on any atom is -0.338 e. The summed E-state index contributed by atoms with van der Waals surface area (Å²) >= 11 is 0. The number of urea groups is 1. The van der Waals surface area contributed by atoms with E-state index in [0.29, 0.717) is 6.54 Å². The standard InChI is InChI=1S/C13H19N3O/c14-9-11-2-1-3-12(8-11)16-13(17)15-7-6-10-4-5-10/h1-3,8,10H,4-7,9,14H2,(H2,15,16,17). The summed E-state index contributed by atoms with van der Waals surface area (Å²) in [4.78, 5) is 11.6. The number of hydrogen-bond acceptors (Lipinski definition) is 2. The molecule has 4 nitrogen and oxygen atoms in total. The molecule has 0 saturated heterocycles. The highest BCUT2D eigenvalue weighted by atomic mass is 16.2. The van der Waals surface area contributed by atoms with Gasteiger partial charge >= 0.3 is 6.03 Å². The number of rotatable bonds is 5. The Bertz CT molecular complexity index is 388. The monoisotopic (exact) mass is 233 g/mol. The SMILES string of the molecule is NCc1cccc(NC(=O)NCCC2CC2)c1. The highest BCUT2D eigenvalue weighted by molar-refractivity contribution is 5.89. The van der Waals surface area contributed by atoms with Crippen LogP contribution >= 0.6 is 0 Å². The van der Waals surface area contributed by atoms with Gasteiger partial charge in [0.15, 0.2) is 0 Å². The second-order valence-corrected chi connectivity index (χ2v) is 4.52. The number of amides is 2. The molecular weight excluding hydrogens is 214 g/mol. The highest BCUT2D eigenvalue weighted by Crippen LogP contribution is 2.31. The van der Waals surface area contributed by atoms with Crippen LogP contribution in [0.3, 0.4) is 0 Å². The molecule has 17 heavy (non-hydrogen) atoms. The third-order valence-corrected chi connectivity index (χ3v) is 2.96. The zero-order valence-corrected chi connectivity index (χ0v) is 9.91. The summed E-state index contributed by atoms with van der Waals surface area (Å²) in [5, 5.41) is 5.66. The van der Waals surface area contributed by atoms with Crippen LogP contribution in [-0.4, -0.2) is 12.6 Å². The molecule has 2 rings (SSSR count). The first-order chi connectivity index (χ1) is 8.28. The summed E-state index contributed by atoms with van der Waals surface area (Å²) in [5.74, 6) is 0.843. The van der Waals surface area contributed by atoms with Crippen molar-refractivity contribution in [2.24, 2.45) is 11.7 Å². The molecule has 2 amide bonds. The van der Waals surface area contributed by atoms with Crippen molar-refractivity contribution in [1.82, 2.24) is 5.32 Å². The molecule has 1 aromatic carbocycles. The van der Waals surface area contributed by atoms with Gasteiger partial charge in [-0.25, -0.2) is 4.79 Å². The smallest absolute Gasteiger partial charge is 0.319 e. The van der Waals surface area contributed by atoms with Crippen molar-refractivity contribution < 1.29 is 4.79 Å². The van der Waals surface area contributed by atoms with E-state index in [1.807, 2.05) is 24.3 Å². The van der Waals surface area contributed by atoms with Gasteiger partial charge in [-0.2, -0.15) is 0 Å². The van der Waals surface area contributed by atoms with Gasteiger partial charge in [-0.15, -0.1) is 0 Å². The number of benzene rings is 1. The lowest BCUT2D eigenvalue weighted by atomic mass is 10.2. The summed E-state index contributed by atoms with van der Waals surface area (Å²) in [6, 6.07) is 7.44. The molecule has 1 aromatic rings. The Balaban J connectivity index is 1.75. The van der Waals surface area contributed by atoms with Gasteiger partial charge in [0.25, 0.3) is 0 Å². The van der Waals surface area contributed by atoms with Crippen LogP contribution in [0.15, 0.2) is 24.3 Å². The van der Waals surface area contributed by atoms with E-state index in [9.17, 15) is 4.79 Å². The van der Waals surface area contributed by atoms with Crippen LogP contribution in [0, 0.1) is 5.92 Å². The maximum Gasteiger partial charge on any atom is 0.319 e. The van der Waals surface area contributed by atoms with Crippen molar-refractivity contribution >= 4 is 11.7 Å². The van der Waals surface area contributed by atoms with Crippen molar-refractivity contribution in [3.05, 3.63) is 29.8 Å². The Labute approximate surface area is 102 Å². The third kappa shape index (κ3) is 4.07. The van der Waals surface area contributed by atoms with Crippen LogP contribution in [0.4, 0.5) is 10.5 Å². The molecule has 4 N–H and O–H groups in total. The van der Waals surface area contributed by atoms with Crippen LogP contribution in [0.5, 0.6) is 0 Å². The lowest BCUT2D eigenvalue weighted by Crippen LogP contribution is -2.29. The Morgan fingerprint density at radius 1 is 1.41 bits per heavy atom. The van der Waals surface area contributed by atoms with Crippen LogP contribution in [0.2, 0.25) is 0 Å². The first-order valence-electron chi connectivity index (χ1n) is 6.12. The minimum atomic E-state index is -0.139. The molecule has 92 valence electrons. The van der Waals surface area contributed by atoms with Crippen LogP contribution in [0.25, 0.3) is 0 Å². The molecule has 1 aliphatic rings. The zero-order chi connectivity index (χ0) is 12.1. The fourth-order valence-electron chi connectivity index (χ4n) is 1.75. The van der Waals surface area contributed by atoms with Gasteiger partial charge in [-0.05, 0) is 30.0 Å². The number of nitrogens with two attached hydrogens (primary N) is 1. The van der Waals surface area contributed by atoms with E-state index in [1.165, 1.54) is 12.8 Å². The largest absolute Gasteiger partial charge is 0.338 e. The summed E-state index contributed by atoms with van der Waals surface area (Å²) in [7, 11) is 0. The van der Waals surface area contributed by atoms with Gasteiger partial charge in [0, 0.05) is 18.8 Å². The van der Waals surface area contributed by atoms with Crippen molar-refractivity contribution in [2.75, 3.05) is 11.9 Å². The molecule has 1 aliphatic carbocycles. The van der Waals surface area contributed by atoms with Gasteiger partial charge in [0.1, 0.15) is 0 Å². The van der Waals surface area contributed by atoms with E-state index >= 15 is 0 Å². The molecular formula is C13H19N3O. The molecule has 0 aliphatic heterocycles. The quantitative estimate of drug-likeness (QED) is 0.728. The first-order valence-corrected chi connectivity index (χ1v) is 6.12. The average Bonchev–Trinajstić information content (AvgIpc) is 3.13. The van der Waals surface area contributed by atoms with Gasteiger partial charge in [-0.3, -0.25) is 0 Å². The maximum absolute atomic E-state index is 11.6. The van der Waals surface area contributed by atoms with E-state index in [0.717, 1.165) is 30.1 Å². The van der Waals surface area contributed by atoms with Crippen molar-refractivity contribution in [3.8, 4) is 0 Å². The number of nitrogens with one attached hydrogen (secondary N) is 2. The van der Waals surface area contributed by atoms with E-state index in [1.54, 1.807) is 0 Å². The van der Waals surface area contributed by atoms with E-state index in [4.69, 9.17) is 5.73 Å². The van der Waals surface area contributed by atoms with Crippen LogP contribution in [0.1, 0.15) is 24.8 Å². The molecule has 0 spiro atoms. The van der Waals surface area contributed by atoms with Crippen LogP contribution in [-0.2, 0) is 6.54 Å². The summed E-state index contributed by atoms with van der Waals surface area (Å²) < 4.78 is 0. The van der Waals surface area contributed by atoms with Gasteiger partial charge in [0.2, 0.25) is 0 Å². The predicted octanol–water partition coefficient (Wildman–Crippen LogP) is 2.07. The molecule has 0 unspecified atom stereocenters. The maximum atomic E-state index is 11.6. The lowest BCUT2D eigenvalue weighted by Gasteiger charge is -2.08. The number of carbonyl (C=O) groups is 1. The average molecular weight is 233 g/mol. The topological polar surface area (TPSA) is 67.1 Å². The van der Waals surface area contributed by atoms with Gasteiger partial charge < -0.3 is 16.4 Å². The molecule has 0 atom stereocenters. The van der Waals surface area contributed by atoms with Crippen molar-refractivity contribution in [2.45, 2.75) is 25.8 Å².